The van der Waals surface area contributed by atoms with Crippen molar-refractivity contribution in [2.75, 3.05) is 6.61 Å². The van der Waals surface area contributed by atoms with Gasteiger partial charge in [0, 0.05) is 4.88 Å². The molecule has 0 saturated heterocycles. The lowest BCUT2D eigenvalue weighted by atomic mass is 9.89. The lowest BCUT2D eigenvalue weighted by molar-refractivity contribution is 0.340. The quantitative estimate of drug-likeness (QED) is 0.482. The summed E-state index contributed by atoms with van der Waals surface area (Å²) in [5.74, 6) is 2.16. The first-order valence-corrected chi connectivity index (χ1v) is 11.0. The maximum absolute atomic E-state index is 13.2. The van der Waals surface area contributed by atoms with E-state index in [-0.39, 0.29) is 12.1 Å². The summed E-state index contributed by atoms with van der Waals surface area (Å²) in [5.41, 5.74) is 1.90. The predicted octanol–water partition coefficient (Wildman–Crippen LogP) is 4.08. The summed E-state index contributed by atoms with van der Waals surface area (Å²) in [6.45, 7) is 4.92. The van der Waals surface area contributed by atoms with Crippen molar-refractivity contribution in [2.45, 2.75) is 39.7 Å². The maximum Gasteiger partial charge on any atom is 0.262 e. The van der Waals surface area contributed by atoms with E-state index in [9.17, 15) is 4.79 Å². The number of aryl methyl sites for hydroxylation is 1. The Morgan fingerprint density at radius 1 is 1.33 bits per heavy atom. The van der Waals surface area contributed by atoms with Crippen molar-refractivity contribution in [1.29, 1.82) is 0 Å². The topological polar surface area (TPSA) is 83.0 Å². The van der Waals surface area contributed by atoms with E-state index in [1.54, 1.807) is 22.2 Å². The van der Waals surface area contributed by atoms with Gasteiger partial charge in [-0.1, -0.05) is 24.2 Å². The van der Waals surface area contributed by atoms with Crippen LogP contribution < -0.4 is 10.3 Å². The monoisotopic (exact) mass is 422 g/mol. The van der Waals surface area contributed by atoms with Crippen LogP contribution in [-0.2, 0) is 19.4 Å². The molecule has 8 heteroatoms. The Bertz CT molecular complexity index is 1270. The molecular weight excluding hydrogens is 400 g/mol. The van der Waals surface area contributed by atoms with Gasteiger partial charge >= 0.3 is 0 Å². The van der Waals surface area contributed by atoms with E-state index in [0.29, 0.717) is 30.0 Å². The van der Waals surface area contributed by atoms with Crippen LogP contribution in [0.3, 0.4) is 0 Å². The second kappa shape index (κ2) is 7.68. The molecule has 0 radical (unpaired) electrons. The van der Waals surface area contributed by atoms with Crippen LogP contribution in [0.2, 0.25) is 0 Å². The van der Waals surface area contributed by atoms with Crippen molar-refractivity contribution in [1.82, 2.24) is 19.7 Å². The molecule has 5 rings (SSSR count). The van der Waals surface area contributed by atoms with Gasteiger partial charge in [0.15, 0.2) is 0 Å². The van der Waals surface area contributed by atoms with Crippen LogP contribution in [0, 0.1) is 5.92 Å². The highest BCUT2D eigenvalue weighted by atomic mass is 32.1. The number of benzene rings is 1. The molecule has 1 aromatic carbocycles. The summed E-state index contributed by atoms with van der Waals surface area (Å²) in [7, 11) is 0. The van der Waals surface area contributed by atoms with E-state index >= 15 is 0 Å². The molecule has 3 aromatic heterocycles. The van der Waals surface area contributed by atoms with E-state index in [0.717, 1.165) is 35.0 Å². The van der Waals surface area contributed by atoms with Gasteiger partial charge in [-0.05, 0) is 49.8 Å². The number of aromatic nitrogens is 4. The molecule has 1 atom stereocenters. The van der Waals surface area contributed by atoms with Gasteiger partial charge in [-0.3, -0.25) is 9.36 Å². The minimum absolute atomic E-state index is 0.0403. The van der Waals surface area contributed by atoms with Crippen LogP contribution in [0.25, 0.3) is 21.6 Å². The Kier molecular flexibility index (Phi) is 4.86. The normalized spacial score (nSPS) is 16.0. The van der Waals surface area contributed by atoms with Crippen molar-refractivity contribution >= 4 is 21.6 Å². The molecule has 154 valence electrons. The first-order chi connectivity index (χ1) is 14.6. The molecule has 1 unspecified atom stereocenters. The van der Waals surface area contributed by atoms with Crippen molar-refractivity contribution < 1.29 is 9.26 Å². The van der Waals surface area contributed by atoms with Gasteiger partial charge in [0.25, 0.3) is 5.56 Å². The summed E-state index contributed by atoms with van der Waals surface area (Å²) in [5, 5.41) is 4.84. The van der Waals surface area contributed by atoms with Crippen molar-refractivity contribution in [3.05, 3.63) is 57.3 Å². The fourth-order valence-corrected chi connectivity index (χ4v) is 5.33. The first kappa shape index (κ1) is 19.0. The van der Waals surface area contributed by atoms with Crippen LogP contribution in [0.15, 0.2) is 39.9 Å². The van der Waals surface area contributed by atoms with E-state index < -0.39 is 0 Å². The minimum Gasteiger partial charge on any atom is -0.493 e. The molecule has 0 fully saturated rings. The Morgan fingerprint density at radius 2 is 2.20 bits per heavy atom. The molecular formula is C22H22N4O3S. The van der Waals surface area contributed by atoms with Crippen LogP contribution in [0.4, 0.5) is 0 Å². The Morgan fingerprint density at radius 3 is 3.07 bits per heavy atom. The highest BCUT2D eigenvalue weighted by molar-refractivity contribution is 7.18. The molecule has 0 aliphatic heterocycles. The number of hydrogen-bond donors (Lipinski definition) is 0. The molecule has 30 heavy (non-hydrogen) atoms. The fraction of sp³-hybridized carbons (Fsp3) is 0.364. The number of hydrogen-bond acceptors (Lipinski definition) is 7. The van der Waals surface area contributed by atoms with Crippen molar-refractivity contribution in [3.8, 4) is 17.1 Å². The molecule has 0 bridgehead atoms. The molecule has 7 nitrogen and oxygen atoms in total. The van der Waals surface area contributed by atoms with E-state index in [1.165, 1.54) is 10.4 Å². The average molecular weight is 423 g/mol. The number of para-hydroxylation sites is 1. The van der Waals surface area contributed by atoms with Gasteiger partial charge in [0.2, 0.25) is 11.7 Å². The molecule has 0 N–H and O–H groups in total. The largest absolute Gasteiger partial charge is 0.493 e. The molecule has 3 heterocycles. The smallest absolute Gasteiger partial charge is 0.262 e. The van der Waals surface area contributed by atoms with Gasteiger partial charge in [0.1, 0.15) is 17.1 Å². The van der Waals surface area contributed by atoms with Crippen LogP contribution in [-0.4, -0.2) is 26.3 Å². The van der Waals surface area contributed by atoms with Gasteiger partial charge in [-0.25, -0.2) is 4.98 Å². The second-order valence-electron chi connectivity index (χ2n) is 7.65. The van der Waals surface area contributed by atoms with E-state index in [2.05, 4.69) is 22.0 Å². The van der Waals surface area contributed by atoms with E-state index in [1.807, 2.05) is 31.2 Å². The standard InChI is InChI=1S/C22H22N4O3S/c1-3-28-16-7-5-4-6-14(16)20-24-18(29-25-20)11-26-12-23-21-19(22(26)27)15-9-8-13(2)10-17(15)30-21/h4-7,12-13H,3,8-11H2,1-2H3. The highest BCUT2D eigenvalue weighted by Gasteiger charge is 2.23. The Hall–Kier alpha value is -3.00. The number of thiophene rings is 1. The van der Waals surface area contributed by atoms with Gasteiger partial charge in [-0.15, -0.1) is 11.3 Å². The summed E-state index contributed by atoms with van der Waals surface area (Å²) >= 11 is 1.65. The average Bonchev–Trinajstić information content (AvgIpc) is 3.35. The van der Waals surface area contributed by atoms with Crippen LogP contribution in [0.5, 0.6) is 5.75 Å². The van der Waals surface area contributed by atoms with Crippen LogP contribution >= 0.6 is 11.3 Å². The fourth-order valence-electron chi connectivity index (χ4n) is 3.99. The highest BCUT2D eigenvalue weighted by Crippen LogP contribution is 2.35. The lowest BCUT2D eigenvalue weighted by Crippen LogP contribution is -2.22. The molecule has 1 aliphatic carbocycles. The van der Waals surface area contributed by atoms with Gasteiger partial charge < -0.3 is 9.26 Å². The minimum atomic E-state index is -0.0403. The third kappa shape index (κ3) is 3.31. The zero-order valence-corrected chi connectivity index (χ0v) is 17.7. The lowest BCUT2D eigenvalue weighted by Gasteiger charge is -2.17. The number of nitrogens with zero attached hydrogens (tertiary/aromatic N) is 4. The Balaban J connectivity index is 1.47. The summed E-state index contributed by atoms with van der Waals surface area (Å²) in [6.07, 6.45) is 4.66. The summed E-state index contributed by atoms with van der Waals surface area (Å²) < 4.78 is 12.6. The van der Waals surface area contributed by atoms with Gasteiger partial charge in [-0.2, -0.15) is 4.98 Å². The van der Waals surface area contributed by atoms with Gasteiger partial charge in [0.05, 0.1) is 23.9 Å². The Labute approximate surface area is 177 Å². The molecule has 1 aliphatic rings. The second-order valence-corrected chi connectivity index (χ2v) is 8.73. The number of ether oxygens (including phenoxy) is 1. The van der Waals surface area contributed by atoms with Crippen molar-refractivity contribution in [2.24, 2.45) is 5.92 Å². The third-order valence-corrected chi connectivity index (χ3v) is 6.65. The van der Waals surface area contributed by atoms with E-state index in [4.69, 9.17) is 9.26 Å². The molecule has 4 aromatic rings. The van der Waals surface area contributed by atoms with Crippen molar-refractivity contribution in [3.63, 3.8) is 0 Å². The zero-order valence-electron chi connectivity index (χ0n) is 16.9. The third-order valence-electron chi connectivity index (χ3n) is 5.48. The summed E-state index contributed by atoms with van der Waals surface area (Å²) in [6, 6.07) is 7.56. The zero-order chi connectivity index (χ0) is 20.7. The maximum atomic E-state index is 13.2. The number of fused-ring (bicyclic) bond motifs is 3. The number of rotatable bonds is 5. The SMILES string of the molecule is CCOc1ccccc1-c1noc(Cn2cnc3sc4c(c3c2=O)CCC(C)C4)n1. The van der Waals surface area contributed by atoms with Crippen LogP contribution in [0.1, 0.15) is 36.6 Å². The first-order valence-electron chi connectivity index (χ1n) is 10.2. The molecule has 0 amide bonds. The molecule has 0 saturated carbocycles. The summed E-state index contributed by atoms with van der Waals surface area (Å²) in [4.78, 5) is 24.3. The predicted molar refractivity (Wildman–Crippen MR) is 115 cm³/mol. The molecule has 0 spiro atoms.